The van der Waals surface area contributed by atoms with Crippen LogP contribution in [0, 0.1) is 6.92 Å². The molecule has 0 aliphatic rings. The van der Waals surface area contributed by atoms with Gasteiger partial charge in [-0.15, -0.1) is 0 Å². The van der Waals surface area contributed by atoms with E-state index in [1.54, 1.807) is 7.11 Å². The first-order valence-electron chi connectivity index (χ1n) is 10.7. The number of hydrogen-bond acceptors (Lipinski definition) is 3. The molecule has 0 spiro atoms. The summed E-state index contributed by atoms with van der Waals surface area (Å²) in [5.41, 5.74) is 5.45. The maximum absolute atomic E-state index is 11.1. The van der Waals surface area contributed by atoms with Crippen LogP contribution in [0.2, 0.25) is 0 Å². The number of carboxylic acid groups (broad SMARTS) is 1. The number of methoxy groups -OCH3 is 1. The Morgan fingerprint density at radius 2 is 1.81 bits per heavy atom. The van der Waals surface area contributed by atoms with Gasteiger partial charge in [0, 0.05) is 11.4 Å². The molecule has 0 saturated heterocycles. The predicted molar refractivity (Wildman–Crippen MR) is 123 cm³/mol. The first-order valence-corrected chi connectivity index (χ1v) is 10.7. The van der Waals surface area contributed by atoms with Crippen molar-refractivity contribution in [3.8, 4) is 22.8 Å². The maximum Gasteiger partial charge on any atom is 0.303 e. The van der Waals surface area contributed by atoms with Crippen molar-refractivity contribution in [2.45, 2.75) is 46.1 Å². The van der Waals surface area contributed by atoms with Crippen LogP contribution in [-0.2, 0) is 17.8 Å². The predicted octanol–water partition coefficient (Wildman–Crippen LogP) is 5.69. The number of aromatic nitrogens is 1. The molecule has 1 heterocycles. The van der Waals surface area contributed by atoms with Crippen LogP contribution in [0.5, 0.6) is 11.5 Å². The molecule has 0 atom stereocenters. The third kappa shape index (κ3) is 5.69. The summed E-state index contributed by atoms with van der Waals surface area (Å²) < 4.78 is 13.6. The number of aliphatic carboxylic acids is 1. The normalized spacial score (nSPS) is 11.0. The summed E-state index contributed by atoms with van der Waals surface area (Å²) in [6.45, 7) is 7.52. The Labute approximate surface area is 184 Å². The van der Waals surface area contributed by atoms with Crippen molar-refractivity contribution in [2.75, 3.05) is 13.7 Å². The average Bonchev–Trinajstić information content (AvgIpc) is 3.15. The Morgan fingerprint density at radius 1 is 1.06 bits per heavy atom. The molecule has 0 aliphatic heterocycles. The molecular formula is C26H31NO4. The van der Waals surface area contributed by atoms with Gasteiger partial charge in [-0.2, -0.15) is 0 Å². The standard InChI is InChI=1S/C26H31NO4/c1-18(2)23-12-5-19(3)17-25(23)31-16-15-27-21(9-14-26(28)29)8-13-24(27)20-6-10-22(30-4)11-7-20/h5-8,10-13,17-18H,9,14-16H2,1-4H3,(H,28,29). The van der Waals surface area contributed by atoms with E-state index in [1.807, 2.05) is 36.4 Å². The molecule has 5 heteroatoms. The van der Waals surface area contributed by atoms with Crippen LogP contribution >= 0.6 is 0 Å². The number of carbonyl (C=O) groups is 1. The van der Waals surface area contributed by atoms with E-state index in [4.69, 9.17) is 14.6 Å². The minimum Gasteiger partial charge on any atom is -0.497 e. The topological polar surface area (TPSA) is 60.7 Å². The third-order valence-electron chi connectivity index (χ3n) is 5.42. The average molecular weight is 422 g/mol. The molecule has 0 unspecified atom stereocenters. The Balaban J connectivity index is 1.83. The van der Waals surface area contributed by atoms with E-state index in [0.29, 0.717) is 25.5 Å². The number of ether oxygens (including phenoxy) is 2. The number of benzene rings is 2. The number of hydrogen-bond donors (Lipinski definition) is 1. The first-order chi connectivity index (χ1) is 14.9. The molecule has 31 heavy (non-hydrogen) atoms. The summed E-state index contributed by atoms with van der Waals surface area (Å²) in [5.74, 6) is 1.30. The minimum absolute atomic E-state index is 0.0995. The van der Waals surface area contributed by atoms with E-state index >= 15 is 0 Å². The Kier molecular flexibility index (Phi) is 7.40. The number of nitrogens with zero attached hydrogens (tertiary/aromatic N) is 1. The minimum atomic E-state index is -0.795. The van der Waals surface area contributed by atoms with Gasteiger partial charge in [-0.1, -0.05) is 26.0 Å². The molecule has 0 radical (unpaired) electrons. The molecule has 0 amide bonds. The zero-order valence-electron chi connectivity index (χ0n) is 18.7. The monoisotopic (exact) mass is 421 g/mol. The smallest absolute Gasteiger partial charge is 0.303 e. The van der Waals surface area contributed by atoms with E-state index in [9.17, 15) is 4.79 Å². The molecule has 5 nitrogen and oxygen atoms in total. The third-order valence-corrected chi connectivity index (χ3v) is 5.42. The molecule has 0 saturated carbocycles. The molecule has 1 aromatic heterocycles. The van der Waals surface area contributed by atoms with Crippen LogP contribution in [-0.4, -0.2) is 29.4 Å². The molecule has 0 bridgehead atoms. The lowest BCUT2D eigenvalue weighted by Crippen LogP contribution is -2.13. The van der Waals surface area contributed by atoms with E-state index in [2.05, 4.69) is 43.5 Å². The SMILES string of the molecule is COc1ccc(-c2ccc(CCC(=O)O)n2CCOc2cc(C)ccc2C(C)C)cc1. The highest BCUT2D eigenvalue weighted by atomic mass is 16.5. The fraction of sp³-hybridized carbons (Fsp3) is 0.346. The highest BCUT2D eigenvalue weighted by molar-refractivity contribution is 5.67. The molecular weight excluding hydrogens is 390 g/mol. The van der Waals surface area contributed by atoms with E-state index in [0.717, 1.165) is 28.5 Å². The molecule has 0 fully saturated rings. The molecule has 0 aliphatic carbocycles. The maximum atomic E-state index is 11.1. The second kappa shape index (κ2) is 10.2. The largest absolute Gasteiger partial charge is 0.497 e. The van der Waals surface area contributed by atoms with Gasteiger partial charge in [-0.05, 0) is 78.4 Å². The van der Waals surface area contributed by atoms with Gasteiger partial charge < -0.3 is 19.1 Å². The highest BCUT2D eigenvalue weighted by Gasteiger charge is 2.13. The van der Waals surface area contributed by atoms with Crippen molar-refractivity contribution < 1.29 is 19.4 Å². The molecule has 2 aromatic carbocycles. The van der Waals surface area contributed by atoms with E-state index < -0.39 is 5.97 Å². The van der Waals surface area contributed by atoms with Crippen LogP contribution in [0.4, 0.5) is 0 Å². The Morgan fingerprint density at radius 3 is 2.45 bits per heavy atom. The number of carboxylic acids is 1. The zero-order chi connectivity index (χ0) is 22.4. The van der Waals surface area contributed by atoms with Crippen LogP contribution in [0.15, 0.2) is 54.6 Å². The Bertz CT molecular complexity index is 1020. The fourth-order valence-corrected chi connectivity index (χ4v) is 3.73. The molecule has 3 aromatic rings. The van der Waals surface area contributed by atoms with Crippen LogP contribution in [0.25, 0.3) is 11.3 Å². The number of rotatable bonds is 10. The van der Waals surface area contributed by atoms with E-state index in [-0.39, 0.29) is 6.42 Å². The summed E-state index contributed by atoms with van der Waals surface area (Å²) >= 11 is 0. The highest BCUT2D eigenvalue weighted by Crippen LogP contribution is 2.29. The van der Waals surface area contributed by atoms with Gasteiger partial charge in [-0.3, -0.25) is 4.79 Å². The molecule has 3 rings (SSSR count). The fourth-order valence-electron chi connectivity index (χ4n) is 3.73. The van der Waals surface area contributed by atoms with Crippen molar-refractivity contribution in [1.82, 2.24) is 4.57 Å². The van der Waals surface area contributed by atoms with Gasteiger partial charge in [0.15, 0.2) is 0 Å². The second-order valence-electron chi connectivity index (χ2n) is 8.03. The van der Waals surface area contributed by atoms with Gasteiger partial charge in [0.25, 0.3) is 0 Å². The summed E-state index contributed by atoms with van der Waals surface area (Å²) in [7, 11) is 1.65. The van der Waals surface area contributed by atoms with Crippen molar-refractivity contribution in [3.63, 3.8) is 0 Å². The van der Waals surface area contributed by atoms with Gasteiger partial charge in [0.2, 0.25) is 0 Å². The lowest BCUT2D eigenvalue weighted by molar-refractivity contribution is -0.136. The lowest BCUT2D eigenvalue weighted by atomic mass is 10.0. The van der Waals surface area contributed by atoms with Gasteiger partial charge >= 0.3 is 5.97 Å². The quantitative estimate of drug-likeness (QED) is 0.457. The van der Waals surface area contributed by atoms with Crippen LogP contribution < -0.4 is 9.47 Å². The van der Waals surface area contributed by atoms with Crippen molar-refractivity contribution in [1.29, 1.82) is 0 Å². The van der Waals surface area contributed by atoms with Gasteiger partial charge in [0.1, 0.15) is 18.1 Å². The van der Waals surface area contributed by atoms with Gasteiger partial charge in [0.05, 0.1) is 20.1 Å². The summed E-state index contributed by atoms with van der Waals surface area (Å²) in [6.07, 6.45) is 0.579. The zero-order valence-corrected chi connectivity index (χ0v) is 18.7. The van der Waals surface area contributed by atoms with Crippen molar-refractivity contribution >= 4 is 5.97 Å². The van der Waals surface area contributed by atoms with Crippen LogP contribution in [0.3, 0.4) is 0 Å². The van der Waals surface area contributed by atoms with E-state index in [1.165, 1.54) is 11.1 Å². The van der Waals surface area contributed by atoms with Crippen molar-refractivity contribution in [3.05, 3.63) is 71.4 Å². The number of aryl methyl sites for hydroxylation is 2. The summed E-state index contributed by atoms with van der Waals surface area (Å²) in [4.78, 5) is 11.1. The second-order valence-corrected chi connectivity index (χ2v) is 8.03. The summed E-state index contributed by atoms with van der Waals surface area (Å²) in [5, 5.41) is 9.13. The van der Waals surface area contributed by atoms with Crippen molar-refractivity contribution in [2.24, 2.45) is 0 Å². The first kappa shape index (κ1) is 22.5. The molecule has 1 N–H and O–H groups in total. The Hall–Kier alpha value is -3.21. The van der Waals surface area contributed by atoms with Crippen LogP contribution in [0.1, 0.15) is 43.0 Å². The summed E-state index contributed by atoms with van der Waals surface area (Å²) in [6, 6.07) is 18.3. The van der Waals surface area contributed by atoms with Gasteiger partial charge in [-0.25, -0.2) is 0 Å². The molecule has 164 valence electrons. The lowest BCUT2D eigenvalue weighted by Gasteiger charge is -2.17.